The van der Waals surface area contributed by atoms with E-state index < -0.39 is 0 Å². The van der Waals surface area contributed by atoms with Gasteiger partial charge in [0.25, 0.3) is 0 Å². The minimum Gasteiger partial charge on any atom is -0.422 e. The van der Waals surface area contributed by atoms with Crippen LogP contribution in [0.1, 0.15) is 9.67 Å². The van der Waals surface area contributed by atoms with Crippen LogP contribution >= 0.6 is 43.2 Å². The first kappa shape index (κ1) is 15.5. The number of hydrogen-bond acceptors (Lipinski definition) is 3. The van der Waals surface area contributed by atoms with Crippen LogP contribution in [0.15, 0.2) is 68.9 Å². The maximum atomic E-state index is 12.1. The van der Waals surface area contributed by atoms with E-state index in [9.17, 15) is 4.79 Å². The third-order valence-electron chi connectivity index (χ3n) is 3.02. The van der Waals surface area contributed by atoms with Crippen LogP contribution in [0.3, 0.4) is 0 Å². The molecule has 0 N–H and O–H groups in total. The molecule has 0 aliphatic heterocycles. The van der Waals surface area contributed by atoms with Crippen molar-refractivity contribution in [3.05, 3.63) is 73.8 Å². The van der Waals surface area contributed by atoms with Gasteiger partial charge in [-0.05, 0) is 61.2 Å². The number of hydrogen-bond donors (Lipinski definition) is 0. The monoisotopic (exact) mass is 436 g/mol. The van der Waals surface area contributed by atoms with E-state index in [0.717, 1.165) is 19.4 Å². The average Bonchev–Trinajstić information content (AvgIpc) is 2.88. The number of esters is 1. The van der Waals surface area contributed by atoms with Crippen LogP contribution < -0.4 is 4.74 Å². The zero-order chi connectivity index (χ0) is 15.5. The smallest absolute Gasteiger partial charge is 0.353 e. The van der Waals surface area contributed by atoms with E-state index in [1.165, 1.54) is 11.3 Å². The summed E-state index contributed by atoms with van der Waals surface area (Å²) in [6.45, 7) is 0. The largest absolute Gasteiger partial charge is 0.422 e. The molecule has 2 aromatic carbocycles. The predicted molar refractivity (Wildman–Crippen MR) is 96.6 cm³/mol. The average molecular weight is 438 g/mol. The molecule has 22 heavy (non-hydrogen) atoms. The predicted octanol–water partition coefficient (Wildman–Crippen LogP) is 6.16. The van der Waals surface area contributed by atoms with E-state index in [2.05, 4.69) is 31.9 Å². The molecule has 0 unspecified atom stereocenters. The molecule has 0 bridgehead atoms. The van der Waals surface area contributed by atoms with E-state index in [4.69, 9.17) is 4.74 Å². The third kappa shape index (κ3) is 3.48. The van der Waals surface area contributed by atoms with Crippen LogP contribution in [-0.4, -0.2) is 5.97 Å². The summed E-state index contributed by atoms with van der Waals surface area (Å²) >= 11 is 8.07. The fraction of sp³-hybridized carbons (Fsp3) is 0. The van der Waals surface area contributed by atoms with Crippen LogP contribution in [0.25, 0.3) is 11.1 Å². The van der Waals surface area contributed by atoms with Gasteiger partial charge >= 0.3 is 5.97 Å². The zero-order valence-corrected chi connectivity index (χ0v) is 15.2. The Morgan fingerprint density at radius 3 is 2.14 bits per heavy atom. The quantitative estimate of drug-likeness (QED) is 0.362. The molecule has 0 radical (unpaired) electrons. The number of thiophene rings is 1. The van der Waals surface area contributed by atoms with Crippen LogP contribution in [0, 0.1) is 0 Å². The van der Waals surface area contributed by atoms with Gasteiger partial charge in [-0.3, -0.25) is 0 Å². The fourth-order valence-corrected chi connectivity index (χ4v) is 3.86. The van der Waals surface area contributed by atoms with Gasteiger partial charge in [0.2, 0.25) is 0 Å². The standard InChI is InChI=1S/C17H10Br2O2S/c18-14-10-15(22-16(14)19)17(20)21-13-8-6-12(7-9-13)11-4-2-1-3-5-11/h1-10H. The second-order valence-corrected chi connectivity index (χ2v) is 7.74. The molecule has 3 rings (SSSR count). The molecule has 2 nitrogen and oxygen atoms in total. The number of carbonyl (C=O) groups is 1. The Morgan fingerprint density at radius 1 is 0.909 bits per heavy atom. The molecular formula is C17H10Br2O2S. The van der Waals surface area contributed by atoms with E-state index in [0.29, 0.717) is 10.6 Å². The summed E-state index contributed by atoms with van der Waals surface area (Å²) in [6, 6.07) is 19.3. The molecule has 0 atom stereocenters. The molecule has 0 aliphatic carbocycles. The SMILES string of the molecule is O=C(Oc1ccc(-c2ccccc2)cc1)c1cc(Br)c(Br)s1. The van der Waals surface area contributed by atoms with Crippen molar-refractivity contribution in [1.29, 1.82) is 0 Å². The lowest BCUT2D eigenvalue weighted by Crippen LogP contribution is -2.06. The normalized spacial score (nSPS) is 10.5. The van der Waals surface area contributed by atoms with Crippen molar-refractivity contribution in [3.63, 3.8) is 0 Å². The maximum Gasteiger partial charge on any atom is 0.353 e. The van der Waals surface area contributed by atoms with Crippen LogP contribution in [0.5, 0.6) is 5.75 Å². The topological polar surface area (TPSA) is 26.3 Å². The first-order valence-corrected chi connectivity index (χ1v) is 8.86. The molecule has 3 aromatic rings. The molecule has 0 saturated heterocycles. The fourth-order valence-electron chi connectivity index (χ4n) is 1.95. The second-order valence-electron chi connectivity index (χ2n) is 4.51. The van der Waals surface area contributed by atoms with E-state index in [1.807, 2.05) is 42.5 Å². The van der Waals surface area contributed by atoms with Crippen molar-refractivity contribution >= 4 is 49.2 Å². The Kier molecular flexibility index (Phi) is 4.76. The molecule has 1 aromatic heterocycles. The first-order chi connectivity index (χ1) is 10.6. The van der Waals surface area contributed by atoms with Gasteiger partial charge in [0.05, 0.1) is 3.79 Å². The third-order valence-corrected chi connectivity index (χ3v) is 6.25. The van der Waals surface area contributed by atoms with Crippen LogP contribution in [0.4, 0.5) is 0 Å². The van der Waals surface area contributed by atoms with E-state index in [-0.39, 0.29) is 5.97 Å². The van der Waals surface area contributed by atoms with Crippen molar-refractivity contribution in [2.75, 3.05) is 0 Å². The Balaban J connectivity index is 1.75. The van der Waals surface area contributed by atoms with Crippen LogP contribution in [0.2, 0.25) is 0 Å². The van der Waals surface area contributed by atoms with Gasteiger partial charge in [0.15, 0.2) is 0 Å². The minimum atomic E-state index is -0.358. The molecule has 1 heterocycles. The molecule has 110 valence electrons. The van der Waals surface area contributed by atoms with Gasteiger partial charge in [0.1, 0.15) is 10.6 Å². The highest BCUT2D eigenvalue weighted by molar-refractivity contribution is 9.13. The molecule has 0 aliphatic rings. The van der Waals surface area contributed by atoms with Gasteiger partial charge in [-0.1, -0.05) is 42.5 Å². The first-order valence-electron chi connectivity index (χ1n) is 6.46. The number of benzene rings is 2. The summed E-state index contributed by atoms with van der Waals surface area (Å²) in [5.41, 5.74) is 2.22. The number of halogens is 2. The highest BCUT2D eigenvalue weighted by Crippen LogP contribution is 2.33. The molecule has 5 heteroatoms. The molecule has 0 fully saturated rings. The van der Waals surface area contributed by atoms with Gasteiger partial charge in [-0.15, -0.1) is 11.3 Å². The van der Waals surface area contributed by atoms with Gasteiger partial charge < -0.3 is 4.74 Å². The Labute approximate surface area is 149 Å². The summed E-state index contributed by atoms with van der Waals surface area (Å²) in [4.78, 5) is 12.6. The summed E-state index contributed by atoms with van der Waals surface area (Å²) in [7, 11) is 0. The summed E-state index contributed by atoms with van der Waals surface area (Å²) in [5.74, 6) is 0.175. The summed E-state index contributed by atoms with van der Waals surface area (Å²) < 4.78 is 7.11. The van der Waals surface area contributed by atoms with Gasteiger partial charge in [-0.2, -0.15) is 0 Å². The van der Waals surface area contributed by atoms with Gasteiger partial charge in [0, 0.05) is 4.47 Å². The molecule has 0 saturated carbocycles. The lowest BCUT2D eigenvalue weighted by molar-refractivity contribution is 0.0740. The number of carbonyl (C=O) groups excluding carboxylic acids is 1. The molecule has 0 spiro atoms. The highest BCUT2D eigenvalue weighted by Gasteiger charge is 2.14. The molecular weight excluding hydrogens is 428 g/mol. The Morgan fingerprint density at radius 2 is 1.55 bits per heavy atom. The Bertz CT molecular complexity index is 776. The second kappa shape index (κ2) is 6.77. The summed E-state index contributed by atoms with van der Waals surface area (Å²) in [5, 5.41) is 0. The zero-order valence-electron chi connectivity index (χ0n) is 11.3. The lowest BCUT2D eigenvalue weighted by atomic mass is 10.1. The minimum absolute atomic E-state index is 0.358. The number of rotatable bonds is 3. The maximum absolute atomic E-state index is 12.1. The van der Waals surface area contributed by atoms with Crippen molar-refractivity contribution in [2.45, 2.75) is 0 Å². The highest BCUT2D eigenvalue weighted by atomic mass is 79.9. The van der Waals surface area contributed by atoms with E-state index in [1.54, 1.807) is 18.2 Å². The van der Waals surface area contributed by atoms with E-state index >= 15 is 0 Å². The van der Waals surface area contributed by atoms with Crippen molar-refractivity contribution in [2.24, 2.45) is 0 Å². The molecule has 0 amide bonds. The van der Waals surface area contributed by atoms with Crippen LogP contribution in [-0.2, 0) is 0 Å². The lowest BCUT2D eigenvalue weighted by Gasteiger charge is -2.05. The Hall–Kier alpha value is -1.43. The van der Waals surface area contributed by atoms with Gasteiger partial charge in [-0.25, -0.2) is 4.79 Å². The van der Waals surface area contributed by atoms with Crippen molar-refractivity contribution < 1.29 is 9.53 Å². The number of ether oxygens (including phenoxy) is 1. The van der Waals surface area contributed by atoms with Crippen molar-refractivity contribution in [3.8, 4) is 16.9 Å². The summed E-state index contributed by atoms with van der Waals surface area (Å²) in [6.07, 6.45) is 0. The van der Waals surface area contributed by atoms with Crippen molar-refractivity contribution in [1.82, 2.24) is 0 Å².